The van der Waals surface area contributed by atoms with Crippen molar-refractivity contribution in [2.45, 2.75) is 106 Å². The summed E-state index contributed by atoms with van der Waals surface area (Å²) in [5.41, 5.74) is 0. The lowest BCUT2D eigenvalue weighted by Crippen LogP contribution is -2.68. The first kappa shape index (κ1) is 29.5. The van der Waals surface area contributed by atoms with Crippen LogP contribution in [0.3, 0.4) is 0 Å². The molecule has 10 N–H and O–H groups in total. The first-order valence-electron chi connectivity index (χ1n) is 11.4. The quantitative estimate of drug-likeness (QED) is 0.147. The molecule has 0 aromatic rings. The molecule has 0 saturated carbocycles. The van der Waals surface area contributed by atoms with Gasteiger partial charge in [-0.15, -0.1) is 0 Å². The van der Waals surface area contributed by atoms with E-state index in [1.807, 2.05) is 0 Å². The molecule has 0 radical (unpaired) electrons. The van der Waals surface area contributed by atoms with E-state index in [9.17, 15) is 50.8 Å². The van der Waals surface area contributed by atoms with Crippen LogP contribution in [0.1, 0.15) is 13.8 Å². The highest BCUT2D eigenvalue weighted by molar-refractivity contribution is 5.73. The summed E-state index contributed by atoms with van der Waals surface area (Å²) in [6, 6.07) is -1.37. The van der Waals surface area contributed by atoms with E-state index < -0.39 is 111 Å². The number of amides is 1. The van der Waals surface area contributed by atoms with Gasteiger partial charge in [0.1, 0.15) is 67.1 Å². The van der Waals surface area contributed by atoms with Gasteiger partial charge in [0, 0.05) is 6.92 Å². The number of ether oxygens (including phenoxy) is 5. The maximum absolute atomic E-state index is 11.6. The zero-order valence-electron chi connectivity index (χ0n) is 19.5. The minimum Gasteiger partial charge on any atom is -0.394 e. The molecule has 0 aromatic carbocycles. The number of carbonyl (C=O) groups excluding carboxylic acids is 1. The van der Waals surface area contributed by atoms with Gasteiger partial charge >= 0.3 is 0 Å². The molecular formula is C20H35NO15. The second-order valence-electron chi connectivity index (χ2n) is 9.05. The second kappa shape index (κ2) is 12.2. The van der Waals surface area contributed by atoms with Crippen LogP contribution in [-0.2, 0) is 28.5 Å². The molecule has 1 amide bonds. The van der Waals surface area contributed by atoms with Gasteiger partial charge in [0.15, 0.2) is 18.9 Å². The Labute approximate surface area is 205 Å². The predicted octanol–water partition coefficient (Wildman–Crippen LogP) is -6.40. The molecule has 0 spiro atoms. The topological polar surface area (TPSA) is 257 Å². The standard InChI is InChI=1S/C20H35NO15/c1-5-10(25)13(28)17(18(31)32-5)36-20-15(30)14(29)16(8(4-23)34-20)35-19-9(21-6(2)24)12(27)11(26)7(3-22)33-19/h5,7-20,22-23,25-31H,3-4H2,1-2H3,(H,21,24)/t5-,7+,8+,9-,10-,11+,12+,13+,14+,15+,16+,17+,18+,19+,20+/m0/s1. The zero-order chi connectivity index (χ0) is 26.9. The summed E-state index contributed by atoms with van der Waals surface area (Å²) in [6.07, 6.45) is -21.9. The van der Waals surface area contributed by atoms with Gasteiger partial charge in [-0.3, -0.25) is 4.79 Å². The third kappa shape index (κ3) is 5.97. The van der Waals surface area contributed by atoms with Crippen molar-refractivity contribution in [1.82, 2.24) is 5.32 Å². The number of carbonyl (C=O) groups is 1. The first-order valence-corrected chi connectivity index (χ1v) is 11.4. The van der Waals surface area contributed by atoms with E-state index in [-0.39, 0.29) is 0 Å². The van der Waals surface area contributed by atoms with Gasteiger partial charge in [-0.05, 0) is 6.92 Å². The maximum Gasteiger partial charge on any atom is 0.217 e. The number of aliphatic hydroxyl groups excluding tert-OH is 9. The Balaban J connectivity index is 1.75. The lowest BCUT2D eigenvalue weighted by atomic mass is 9.95. The molecule has 0 aromatic heterocycles. The highest BCUT2D eigenvalue weighted by Crippen LogP contribution is 2.32. The van der Waals surface area contributed by atoms with E-state index in [0.717, 1.165) is 6.92 Å². The Morgan fingerprint density at radius 1 is 0.722 bits per heavy atom. The fraction of sp³-hybridized carbons (Fsp3) is 0.950. The number of rotatable bonds is 7. The molecule has 3 saturated heterocycles. The van der Waals surface area contributed by atoms with Crippen molar-refractivity contribution in [2.75, 3.05) is 13.2 Å². The highest BCUT2D eigenvalue weighted by Gasteiger charge is 2.53. The summed E-state index contributed by atoms with van der Waals surface area (Å²) in [5, 5.41) is 93.9. The summed E-state index contributed by atoms with van der Waals surface area (Å²) in [4.78, 5) is 11.6. The molecule has 3 aliphatic heterocycles. The summed E-state index contributed by atoms with van der Waals surface area (Å²) in [6.45, 7) is 1.01. The second-order valence-corrected chi connectivity index (χ2v) is 9.05. The number of nitrogens with one attached hydrogen (secondary N) is 1. The zero-order valence-corrected chi connectivity index (χ0v) is 19.5. The number of hydrogen-bond donors (Lipinski definition) is 10. The molecule has 36 heavy (non-hydrogen) atoms. The summed E-state index contributed by atoms with van der Waals surface area (Å²) >= 11 is 0. The van der Waals surface area contributed by atoms with Crippen LogP contribution in [0.5, 0.6) is 0 Å². The van der Waals surface area contributed by atoms with Crippen molar-refractivity contribution in [3.8, 4) is 0 Å². The molecule has 3 fully saturated rings. The van der Waals surface area contributed by atoms with E-state index in [2.05, 4.69) is 5.32 Å². The van der Waals surface area contributed by atoms with Crippen molar-refractivity contribution in [2.24, 2.45) is 0 Å². The number of aliphatic hydroxyl groups is 9. The average Bonchev–Trinajstić information content (AvgIpc) is 2.83. The van der Waals surface area contributed by atoms with E-state index in [1.54, 1.807) is 0 Å². The molecule has 3 heterocycles. The van der Waals surface area contributed by atoms with Crippen LogP contribution in [0.2, 0.25) is 0 Å². The van der Waals surface area contributed by atoms with Crippen LogP contribution >= 0.6 is 0 Å². The highest BCUT2D eigenvalue weighted by atomic mass is 16.8. The van der Waals surface area contributed by atoms with E-state index in [4.69, 9.17) is 23.7 Å². The van der Waals surface area contributed by atoms with Crippen molar-refractivity contribution < 1.29 is 74.4 Å². The Morgan fingerprint density at radius 3 is 1.86 bits per heavy atom. The SMILES string of the molecule is CC(=O)N[C@@H]1[C@@H](O[C@H]2[C@H](O)[C@@H](O)[C@@H](O[C@@H]3[C@H](O)[C@@H](O)[C@H](C)O[C@H]3O)O[C@@H]2CO)O[C@H](CO)[C@@H](O)[C@@H]1O. The van der Waals surface area contributed by atoms with Crippen molar-refractivity contribution in [3.05, 3.63) is 0 Å². The molecule has 15 atom stereocenters. The first-order chi connectivity index (χ1) is 16.9. The Hall–Kier alpha value is -1.09. The molecular weight excluding hydrogens is 494 g/mol. The van der Waals surface area contributed by atoms with Crippen LogP contribution in [0.25, 0.3) is 0 Å². The van der Waals surface area contributed by atoms with Crippen LogP contribution in [0.4, 0.5) is 0 Å². The third-order valence-electron chi connectivity index (χ3n) is 6.46. The van der Waals surface area contributed by atoms with Crippen molar-refractivity contribution >= 4 is 5.91 Å². The van der Waals surface area contributed by atoms with Crippen molar-refractivity contribution in [1.29, 1.82) is 0 Å². The van der Waals surface area contributed by atoms with Gasteiger partial charge in [-0.25, -0.2) is 0 Å². The summed E-state index contributed by atoms with van der Waals surface area (Å²) < 4.78 is 27.0. The Kier molecular flexibility index (Phi) is 9.97. The third-order valence-corrected chi connectivity index (χ3v) is 6.46. The average molecular weight is 529 g/mol. The van der Waals surface area contributed by atoms with Gasteiger partial charge < -0.3 is 75.0 Å². The van der Waals surface area contributed by atoms with Crippen LogP contribution in [0.15, 0.2) is 0 Å². The van der Waals surface area contributed by atoms with Gasteiger partial charge in [0.2, 0.25) is 5.91 Å². The van der Waals surface area contributed by atoms with Gasteiger partial charge in [-0.1, -0.05) is 0 Å². The predicted molar refractivity (Wildman–Crippen MR) is 111 cm³/mol. The minimum absolute atomic E-state index is 0.623. The molecule has 16 heteroatoms. The molecule has 0 unspecified atom stereocenters. The van der Waals surface area contributed by atoms with E-state index in [1.165, 1.54) is 6.92 Å². The van der Waals surface area contributed by atoms with Gasteiger partial charge in [0.25, 0.3) is 0 Å². The van der Waals surface area contributed by atoms with Crippen molar-refractivity contribution in [3.63, 3.8) is 0 Å². The molecule has 0 bridgehead atoms. The molecule has 16 nitrogen and oxygen atoms in total. The van der Waals surface area contributed by atoms with Crippen LogP contribution < -0.4 is 5.32 Å². The number of hydrogen-bond acceptors (Lipinski definition) is 15. The maximum atomic E-state index is 11.6. The Bertz CT molecular complexity index is 729. The fourth-order valence-corrected chi connectivity index (χ4v) is 4.40. The van der Waals surface area contributed by atoms with E-state index >= 15 is 0 Å². The van der Waals surface area contributed by atoms with Crippen LogP contribution in [0, 0.1) is 0 Å². The monoisotopic (exact) mass is 529 g/mol. The van der Waals surface area contributed by atoms with Gasteiger partial charge in [0.05, 0.1) is 19.3 Å². The van der Waals surface area contributed by atoms with Gasteiger partial charge in [-0.2, -0.15) is 0 Å². The lowest BCUT2D eigenvalue weighted by Gasteiger charge is -2.48. The van der Waals surface area contributed by atoms with E-state index in [0.29, 0.717) is 0 Å². The molecule has 3 rings (SSSR count). The lowest BCUT2D eigenvalue weighted by molar-refractivity contribution is -0.375. The molecule has 0 aliphatic carbocycles. The van der Waals surface area contributed by atoms with Crippen LogP contribution in [-0.4, -0.2) is 157 Å². The molecule has 3 aliphatic rings. The smallest absolute Gasteiger partial charge is 0.217 e. The summed E-state index contributed by atoms with van der Waals surface area (Å²) in [7, 11) is 0. The molecule has 210 valence electrons. The summed E-state index contributed by atoms with van der Waals surface area (Å²) in [5.74, 6) is -0.623. The minimum atomic E-state index is -1.89. The Morgan fingerprint density at radius 2 is 1.28 bits per heavy atom. The fourth-order valence-electron chi connectivity index (χ4n) is 4.40. The largest absolute Gasteiger partial charge is 0.394 e. The normalized spacial score (nSPS) is 50.0.